The lowest BCUT2D eigenvalue weighted by molar-refractivity contribution is 0.102. The Morgan fingerprint density at radius 1 is 1.18 bits per heavy atom. The van der Waals surface area contributed by atoms with Crippen molar-refractivity contribution in [2.24, 2.45) is 5.73 Å². The lowest BCUT2D eigenvalue weighted by Crippen LogP contribution is -2.31. The van der Waals surface area contributed by atoms with Crippen LogP contribution < -0.4 is 11.1 Å². The third kappa shape index (κ3) is 4.97. The van der Waals surface area contributed by atoms with Gasteiger partial charge in [-0.3, -0.25) is 4.79 Å². The van der Waals surface area contributed by atoms with Crippen LogP contribution >= 0.6 is 11.9 Å². The molecule has 1 saturated heterocycles. The van der Waals surface area contributed by atoms with Crippen LogP contribution in [-0.2, 0) is 0 Å². The van der Waals surface area contributed by atoms with Crippen LogP contribution in [0.15, 0.2) is 78.9 Å². The highest BCUT2D eigenvalue weighted by Crippen LogP contribution is 2.35. The molecule has 9 nitrogen and oxygen atoms in total. The molecule has 4 heterocycles. The van der Waals surface area contributed by atoms with Crippen LogP contribution in [0.1, 0.15) is 46.8 Å². The summed E-state index contributed by atoms with van der Waals surface area (Å²) in [4.78, 5) is 17.6. The van der Waals surface area contributed by atoms with Crippen LogP contribution in [0.25, 0.3) is 11.3 Å². The summed E-state index contributed by atoms with van der Waals surface area (Å²) in [6.07, 6.45) is 14.1. The van der Waals surface area contributed by atoms with Gasteiger partial charge < -0.3 is 11.1 Å². The average Bonchev–Trinajstić information content (AvgIpc) is 3.56. The number of aromatic nitrogens is 5. The molecule has 0 bridgehead atoms. The van der Waals surface area contributed by atoms with E-state index < -0.39 is 0 Å². The number of hydrogen-bond acceptors (Lipinski definition) is 7. The molecule has 1 atom stereocenters. The summed E-state index contributed by atoms with van der Waals surface area (Å²) in [6.45, 7) is 3.99. The molecule has 0 spiro atoms. The van der Waals surface area contributed by atoms with Crippen LogP contribution in [-0.4, -0.2) is 52.9 Å². The van der Waals surface area contributed by atoms with Gasteiger partial charge in [0, 0.05) is 43.2 Å². The van der Waals surface area contributed by atoms with Gasteiger partial charge >= 0.3 is 0 Å². The summed E-state index contributed by atoms with van der Waals surface area (Å²) < 4.78 is 5.85. The Labute approximate surface area is 225 Å². The molecule has 0 radical (unpaired) electrons. The maximum absolute atomic E-state index is 13.3. The molecule has 1 aliphatic carbocycles. The zero-order chi connectivity index (χ0) is 26.1. The molecule has 4 aromatic rings. The van der Waals surface area contributed by atoms with Crippen molar-refractivity contribution < 1.29 is 4.79 Å². The standard InChI is InChI=1S/C28H30N8OS/c1-19-7-9-21(10-8-19)36-26(32-28(37)22-18-31-35-14-4-13-30-27(22)35)17-24(33-36)20-11-15-34(16-12-20)38-25-6-3-2-5-23(25)29/h2-5,7-10,13-14,17-18,20,25H,6,11-12,15-16,29H2,1H3,(H,32,37). The Morgan fingerprint density at radius 2 is 2.00 bits per heavy atom. The third-order valence-corrected chi connectivity index (χ3v) is 8.45. The lowest BCUT2D eigenvalue weighted by atomic mass is 9.95. The largest absolute Gasteiger partial charge is 0.401 e. The van der Waals surface area contributed by atoms with E-state index in [4.69, 9.17) is 10.8 Å². The number of nitrogens with two attached hydrogens (primary N) is 1. The van der Waals surface area contributed by atoms with Crippen molar-refractivity contribution >= 4 is 29.3 Å². The maximum atomic E-state index is 13.3. The van der Waals surface area contributed by atoms with E-state index in [0.29, 0.717) is 28.2 Å². The summed E-state index contributed by atoms with van der Waals surface area (Å²) >= 11 is 1.85. The van der Waals surface area contributed by atoms with Crippen LogP contribution in [0.4, 0.5) is 5.82 Å². The number of aryl methyl sites for hydroxylation is 1. The highest BCUT2D eigenvalue weighted by Gasteiger charge is 2.27. The number of amides is 1. The fraction of sp³-hybridized carbons (Fsp3) is 0.286. The van der Waals surface area contributed by atoms with Crippen molar-refractivity contribution in [1.29, 1.82) is 0 Å². The highest BCUT2D eigenvalue weighted by molar-refractivity contribution is 7.97. The van der Waals surface area contributed by atoms with Gasteiger partial charge in [-0.1, -0.05) is 41.8 Å². The summed E-state index contributed by atoms with van der Waals surface area (Å²) in [5.74, 6) is 0.678. The van der Waals surface area contributed by atoms with Crippen molar-refractivity contribution in [2.75, 3.05) is 18.4 Å². The molecule has 0 saturated carbocycles. The quantitative estimate of drug-likeness (QED) is 0.357. The molecule has 194 valence electrons. The Kier molecular flexibility index (Phi) is 6.73. The number of hydrogen-bond donors (Lipinski definition) is 2. The zero-order valence-electron chi connectivity index (χ0n) is 21.2. The number of fused-ring (bicyclic) bond motifs is 1. The van der Waals surface area contributed by atoms with Crippen molar-refractivity contribution in [1.82, 2.24) is 28.7 Å². The fourth-order valence-corrected chi connectivity index (χ4v) is 6.09. The molecule has 1 unspecified atom stereocenters. The first-order chi connectivity index (χ1) is 18.5. The van der Waals surface area contributed by atoms with Crippen LogP contribution in [0.5, 0.6) is 0 Å². The molecular weight excluding hydrogens is 496 g/mol. The van der Waals surface area contributed by atoms with Gasteiger partial charge in [0.1, 0.15) is 11.4 Å². The molecule has 1 fully saturated rings. The number of carbonyl (C=O) groups excluding carboxylic acids is 1. The highest BCUT2D eigenvalue weighted by atomic mass is 32.2. The maximum Gasteiger partial charge on any atom is 0.262 e. The monoisotopic (exact) mass is 526 g/mol. The number of anilines is 1. The number of benzene rings is 1. The van der Waals surface area contributed by atoms with Gasteiger partial charge in [-0.2, -0.15) is 10.2 Å². The molecule has 1 aromatic carbocycles. The number of nitrogens with zero attached hydrogens (tertiary/aromatic N) is 6. The molecule has 1 aliphatic heterocycles. The molecule has 6 rings (SSSR count). The van der Waals surface area contributed by atoms with Crippen LogP contribution in [0.2, 0.25) is 0 Å². The van der Waals surface area contributed by atoms with Crippen LogP contribution in [0.3, 0.4) is 0 Å². The van der Waals surface area contributed by atoms with E-state index in [0.717, 1.165) is 55.0 Å². The van der Waals surface area contributed by atoms with E-state index in [1.54, 1.807) is 29.2 Å². The molecule has 38 heavy (non-hydrogen) atoms. The van der Waals surface area contributed by atoms with Gasteiger partial charge in [-0.25, -0.2) is 18.5 Å². The normalized spacial score (nSPS) is 18.6. The SMILES string of the molecule is Cc1ccc(-n2nc(C3CCN(SC4CC=CC=C4N)CC3)cc2NC(=O)c2cnn3cccnc23)cc1. The Balaban J connectivity index is 1.22. The topological polar surface area (TPSA) is 106 Å². The Hall–Kier alpha value is -3.89. The van der Waals surface area contributed by atoms with E-state index in [-0.39, 0.29) is 5.91 Å². The molecular formula is C28H30N8OS. The summed E-state index contributed by atoms with van der Waals surface area (Å²) in [5.41, 5.74) is 11.1. The number of carbonyl (C=O) groups is 1. The Bertz CT molecular complexity index is 1510. The molecule has 2 aliphatic rings. The lowest BCUT2D eigenvalue weighted by Gasteiger charge is -2.33. The van der Waals surface area contributed by atoms with Crippen molar-refractivity contribution in [3.05, 3.63) is 95.7 Å². The third-order valence-electron chi connectivity index (χ3n) is 7.07. The Morgan fingerprint density at radius 3 is 2.79 bits per heavy atom. The minimum atomic E-state index is -0.267. The van der Waals surface area contributed by atoms with Crippen LogP contribution in [0, 0.1) is 6.92 Å². The van der Waals surface area contributed by atoms with Gasteiger partial charge in [0.2, 0.25) is 0 Å². The smallest absolute Gasteiger partial charge is 0.262 e. The minimum Gasteiger partial charge on any atom is -0.401 e. The first kappa shape index (κ1) is 24.4. The summed E-state index contributed by atoms with van der Waals surface area (Å²) in [5, 5.41) is 12.6. The van der Waals surface area contributed by atoms with Gasteiger partial charge in [-0.15, -0.1) is 0 Å². The number of nitrogens with one attached hydrogen (secondary N) is 1. The number of rotatable bonds is 6. The number of allylic oxidation sites excluding steroid dienone is 3. The van der Waals surface area contributed by atoms with E-state index in [1.165, 1.54) is 0 Å². The molecule has 1 amide bonds. The van der Waals surface area contributed by atoms with Crippen molar-refractivity contribution in [3.8, 4) is 5.69 Å². The predicted molar refractivity (Wildman–Crippen MR) is 150 cm³/mol. The van der Waals surface area contributed by atoms with Gasteiger partial charge in [0.25, 0.3) is 5.91 Å². The second-order valence-electron chi connectivity index (χ2n) is 9.73. The zero-order valence-corrected chi connectivity index (χ0v) is 22.0. The number of piperidine rings is 1. The molecule has 10 heteroatoms. The predicted octanol–water partition coefficient (Wildman–Crippen LogP) is 4.47. The fourth-order valence-electron chi connectivity index (χ4n) is 4.91. The van der Waals surface area contributed by atoms with Gasteiger partial charge in [0.05, 0.1) is 22.8 Å². The molecule has 3 N–H and O–H groups in total. The average molecular weight is 527 g/mol. The van der Waals surface area contributed by atoms with Crippen molar-refractivity contribution in [3.63, 3.8) is 0 Å². The minimum absolute atomic E-state index is 0.267. The van der Waals surface area contributed by atoms with Crippen molar-refractivity contribution in [2.45, 2.75) is 37.4 Å². The summed E-state index contributed by atoms with van der Waals surface area (Å²) in [7, 11) is 0. The molecule has 3 aromatic heterocycles. The second-order valence-corrected chi connectivity index (χ2v) is 11.0. The van der Waals surface area contributed by atoms with Gasteiger partial charge in [-0.05, 0) is 50.5 Å². The van der Waals surface area contributed by atoms with E-state index in [2.05, 4.69) is 32.7 Å². The second kappa shape index (κ2) is 10.5. The van der Waals surface area contributed by atoms with E-state index in [1.807, 2.05) is 59.1 Å². The first-order valence-electron chi connectivity index (χ1n) is 12.9. The first-order valence-corrected chi connectivity index (χ1v) is 13.7. The summed E-state index contributed by atoms with van der Waals surface area (Å²) in [6, 6.07) is 11.9. The van der Waals surface area contributed by atoms with E-state index >= 15 is 0 Å². The van der Waals surface area contributed by atoms with Gasteiger partial charge in [0.15, 0.2) is 5.65 Å². The van der Waals surface area contributed by atoms with E-state index in [9.17, 15) is 4.79 Å².